The lowest BCUT2D eigenvalue weighted by atomic mass is 10.2. The number of aryl methyl sites for hydroxylation is 1. The first-order valence-corrected chi connectivity index (χ1v) is 4.82. The summed E-state index contributed by atoms with van der Waals surface area (Å²) in [5, 5.41) is 1.16. The molecule has 0 aliphatic rings. The second kappa shape index (κ2) is 2.73. The average Bonchev–Trinajstić information content (AvgIpc) is 2.75. The van der Waals surface area contributed by atoms with Gasteiger partial charge in [0.1, 0.15) is 0 Å². The van der Waals surface area contributed by atoms with Gasteiger partial charge in [0.2, 0.25) is 0 Å². The SMILES string of the molecule is Cn1c(C=O)cc2[nH]c3ccccc3c21. The number of carbonyl (C=O) groups excluding carboxylic acids is 1. The van der Waals surface area contributed by atoms with Crippen LogP contribution in [0.3, 0.4) is 0 Å². The lowest BCUT2D eigenvalue weighted by Gasteiger charge is -1.96. The minimum Gasteiger partial charge on any atom is -0.353 e. The van der Waals surface area contributed by atoms with Gasteiger partial charge in [0, 0.05) is 18.0 Å². The molecule has 15 heavy (non-hydrogen) atoms. The maximum absolute atomic E-state index is 10.8. The Bertz CT molecular complexity index is 661. The number of rotatable bonds is 1. The van der Waals surface area contributed by atoms with Crippen molar-refractivity contribution in [2.24, 2.45) is 7.05 Å². The molecule has 0 spiro atoms. The van der Waals surface area contributed by atoms with E-state index in [1.807, 2.05) is 35.9 Å². The number of nitrogens with zero attached hydrogens (tertiary/aromatic N) is 1. The molecular formula is C12H10N2O. The normalized spacial score (nSPS) is 11.3. The summed E-state index contributed by atoms with van der Waals surface area (Å²) >= 11 is 0. The Hall–Kier alpha value is -2.03. The predicted molar refractivity (Wildman–Crippen MR) is 60.2 cm³/mol. The molecule has 2 heterocycles. The minimum atomic E-state index is 0.696. The number of nitrogens with one attached hydrogen (secondary N) is 1. The van der Waals surface area contributed by atoms with Gasteiger partial charge in [0.25, 0.3) is 0 Å². The van der Waals surface area contributed by atoms with Crippen molar-refractivity contribution in [3.8, 4) is 0 Å². The average molecular weight is 198 g/mol. The van der Waals surface area contributed by atoms with Crippen LogP contribution in [0.2, 0.25) is 0 Å². The molecular weight excluding hydrogens is 188 g/mol. The molecule has 0 atom stereocenters. The van der Waals surface area contributed by atoms with Crippen LogP contribution in [0.1, 0.15) is 10.5 Å². The van der Waals surface area contributed by atoms with Crippen LogP contribution in [-0.2, 0) is 7.05 Å². The van der Waals surface area contributed by atoms with Crippen molar-refractivity contribution in [2.75, 3.05) is 0 Å². The van der Waals surface area contributed by atoms with E-state index in [4.69, 9.17) is 0 Å². The minimum absolute atomic E-state index is 0.696. The Morgan fingerprint density at radius 3 is 2.87 bits per heavy atom. The van der Waals surface area contributed by atoms with Gasteiger partial charge in [0.05, 0.1) is 16.7 Å². The molecule has 2 aromatic heterocycles. The molecule has 3 aromatic rings. The summed E-state index contributed by atoms with van der Waals surface area (Å²) in [6, 6.07) is 9.97. The largest absolute Gasteiger partial charge is 0.353 e. The smallest absolute Gasteiger partial charge is 0.166 e. The Labute approximate surface area is 86.3 Å². The Kier molecular flexibility index (Phi) is 1.51. The molecule has 0 saturated carbocycles. The molecule has 3 heteroatoms. The van der Waals surface area contributed by atoms with Gasteiger partial charge in [-0.05, 0) is 12.1 Å². The highest BCUT2D eigenvalue weighted by Crippen LogP contribution is 2.26. The van der Waals surface area contributed by atoms with Gasteiger partial charge in [-0.15, -0.1) is 0 Å². The molecule has 0 aliphatic heterocycles. The number of aldehydes is 1. The zero-order valence-corrected chi connectivity index (χ0v) is 8.32. The van der Waals surface area contributed by atoms with E-state index in [2.05, 4.69) is 11.1 Å². The van der Waals surface area contributed by atoms with Gasteiger partial charge >= 0.3 is 0 Å². The summed E-state index contributed by atoms with van der Waals surface area (Å²) in [6.45, 7) is 0. The number of aromatic nitrogens is 2. The number of aromatic amines is 1. The van der Waals surface area contributed by atoms with Crippen molar-refractivity contribution < 1.29 is 4.79 Å². The number of hydrogen-bond acceptors (Lipinski definition) is 1. The monoisotopic (exact) mass is 198 g/mol. The van der Waals surface area contributed by atoms with E-state index in [1.54, 1.807) is 0 Å². The van der Waals surface area contributed by atoms with E-state index in [9.17, 15) is 4.79 Å². The molecule has 1 N–H and O–H groups in total. The summed E-state index contributed by atoms with van der Waals surface area (Å²) in [7, 11) is 1.91. The van der Waals surface area contributed by atoms with Crippen LogP contribution < -0.4 is 0 Å². The molecule has 0 radical (unpaired) electrons. The fourth-order valence-electron chi connectivity index (χ4n) is 2.10. The van der Waals surface area contributed by atoms with Crippen molar-refractivity contribution in [3.63, 3.8) is 0 Å². The second-order valence-electron chi connectivity index (χ2n) is 3.68. The topological polar surface area (TPSA) is 37.8 Å². The molecule has 0 aliphatic carbocycles. The summed E-state index contributed by atoms with van der Waals surface area (Å²) in [5.41, 5.74) is 3.91. The second-order valence-corrected chi connectivity index (χ2v) is 3.68. The predicted octanol–water partition coefficient (Wildman–Crippen LogP) is 2.47. The van der Waals surface area contributed by atoms with E-state index in [1.165, 1.54) is 0 Å². The summed E-state index contributed by atoms with van der Waals surface area (Å²) in [5.74, 6) is 0. The molecule has 1 aromatic carbocycles. The van der Waals surface area contributed by atoms with Crippen LogP contribution in [-0.4, -0.2) is 15.8 Å². The third-order valence-electron chi connectivity index (χ3n) is 2.84. The van der Waals surface area contributed by atoms with Gasteiger partial charge in [-0.1, -0.05) is 18.2 Å². The van der Waals surface area contributed by atoms with Crippen molar-refractivity contribution in [2.45, 2.75) is 0 Å². The van der Waals surface area contributed by atoms with Crippen molar-refractivity contribution in [1.82, 2.24) is 9.55 Å². The number of hydrogen-bond donors (Lipinski definition) is 1. The third-order valence-corrected chi connectivity index (χ3v) is 2.84. The van der Waals surface area contributed by atoms with Crippen LogP contribution in [0.25, 0.3) is 21.9 Å². The van der Waals surface area contributed by atoms with Crippen LogP contribution in [0.5, 0.6) is 0 Å². The first kappa shape index (κ1) is 8.29. The molecule has 0 saturated heterocycles. The number of para-hydroxylation sites is 1. The molecule has 0 fully saturated rings. The van der Waals surface area contributed by atoms with E-state index >= 15 is 0 Å². The number of H-pyrrole nitrogens is 1. The number of carbonyl (C=O) groups is 1. The fourth-order valence-corrected chi connectivity index (χ4v) is 2.10. The molecule has 0 bridgehead atoms. The zero-order chi connectivity index (χ0) is 10.4. The van der Waals surface area contributed by atoms with Crippen molar-refractivity contribution in [1.29, 1.82) is 0 Å². The lowest BCUT2D eigenvalue weighted by molar-refractivity contribution is 0.111. The van der Waals surface area contributed by atoms with Gasteiger partial charge in [-0.2, -0.15) is 0 Å². The van der Waals surface area contributed by atoms with Gasteiger partial charge in [0.15, 0.2) is 6.29 Å². The molecule has 3 rings (SSSR count). The molecule has 0 amide bonds. The van der Waals surface area contributed by atoms with Gasteiger partial charge < -0.3 is 9.55 Å². The molecule has 3 nitrogen and oxygen atoms in total. The van der Waals surface area contributed by atoms with Gasteiger partial charge in [-0.3, -0.25) is 4.79 Å². The van der Waals surface area contributed by atoms with Gasteiger partial charge in [-0.25, -0.2) is 0 Å². The molecule has 0 unspecified atom stereocenters. The van der Waals surface area contributed by atoms with Crippen LogP contribution in [0, 0.1) is 0 Å². The summed E-state index contributed by atoms with van der Waals surface area (Å²) in [4.78, 5) is 14.1. The Morgan fingerprint density at radius 1 is 1.27 bits per heavy atom. The van der Waals surface area contributed by atoms with Crippen molar-refractivity contribution in [3.05, 3.63) is 36.0 Å². The molecule has 74 valence electrons. The fraction of sp³-hybridized carbons (Fsp3) is 0.0833. The Morgan fingerprint density at radius 2 is 2.07 bits per heavy atom. The van der Waals surface area contributed by atoms with E-state index < -0.39 is 0 Å². The van der Waals surface area contributed by atoms with E-state index in [-0.39, 0.29) is 0 Å². The maximum Gasteiger partial charge on any atom is 0.166 e. The van der Waals surface area contributed by atoms with E-state index in [0.717, 1.165) is 28.2 Å². The summed E-state index contributed by atoms with van der Waals surface area (Å²) < 4.78 is 1.92. The van der Waals surface area contributed by atoms with E-state index in [0.29, 0.717) is 5.69 Å². The van der Waals surface area contributed by atoms with Crippen LogP contribution in [0.15, 0.2) is 30.3 Å². The third kappa shape index (κ3) is 0.973. The zero-order valence-electron chi connectivity index (χ0n) is 8.32. The standard InChI is InChI=1S/C12H10N2O/c1-14-8(7-15)6-11-12(14)9-4-2-3-5-10(9)13-11/h2-7,13H,1H3. The maximum atomic E-state index is 10.8. The lowest BCUT2D eigenvalue weighted by Crippen LogP contribution is -1.92. The number of benzene rings is 1. The first-order valence-electron chi connectivity index (χ1n) is 4.82. The Balaban J connectivity index is 2.56. The van der Waals surface area contributed by atoms with Crippen molar-refractivity contribution >= 4 is 28.2 Å². The number of fused-ring (bicyclic) bond motifs is 3. The highest BCUT2D eigenvalue weighted by Gasteiger charge is 2.10. The summed E-state index contributed by atoms with van der Waals surface area (Å²) in [6.07, 6.45) is 0.878. The first-order chi connectivity index (χ1) is 7.31. The van der Waals surface area contributed by atoms with Crippen LogP contribution in [0.4, 0.5) is 0 Å². The highest BCUT2D eigenvalue weighted by molar-refractivity contribution is 6.07. The highest BCUT2D eigenvalue weighted by atomic mass is 16.1. The quantitative estimate of drug-likeness (QED) is 0.599. The van der Waals surface area contributed by atoms with Crippen LogP contribution >= 0.6 is 0 Å².